The molecule has 8 nitrogen and oxygen atoms in total. The number of aromatic hydroxyl groups is 1. The van der Waals surface area contributed by atoms with Gasteiger partial charge >= 0.3 is 5.63 Å². The highest BCUT2D eigenvalue weighted by Gasteiger charge is 2.31. The van der Waals surface area contributed by atoms with Gasteiger partial charge in [0, 0.05) is 5.39 Å². The van der Waals surface area contributed by atoms with Crippen molar-refractivity contribution >= 4 is 23.2 Å². The van der Waals surface area contributed by atoms with E-state index in [9.17, 15) is 19.5 Å². The minimum atomic E-state index is -0.709. The lowest BCUT2D eigenvalue weighted by Crippen LogP contribution is -2.53. The molecule has 0 aliphatic carbocycles. The number of ether oxygens (including phenoxy) is 2. The summed E-state index contributed by atoms with van der Waals surface area (Å²) in [4.78, 5) is 38.6. The van der Waals surface area contributed by atoms with Crippen molar-refractivity contribution in [1.29, 1.82) is 0 Å². The minimum Gasteiger partial charge on any atom is -0.504 e. The molecule has 1 saturated heterocycles. The number of aldehydes is 1. The molecule has 28 heavy (non-hydrogen) atoms. The Morgan fingerprint density at radius 1 is 1.36 bits per heavy atom. The number of aryl methyl sites for hydroxylation is 1. The maximum Gasteiger partial charge on any atom is 0.340 e. The van der Waals surface area contributed by atoms with E-state index in [1.807, 2.05) is 13.8 Å². The first-order chi connectivity index (χ1) is 13.3. The molecule has 0 radical (unpaired) electrons. The number of carbonyl (C=O) groups excluding carboxylic acids is 2. The van der Waals surface area contributed by atoms with Crippen LogP contribution in [0.15, 0.2) is 15.3 Å². The molecule has 1 aromatic heterocycles. The van der Waals surface area contributed by atoms with E-state index >= 15 is 0 Å². The Balaban J connectivity index is 2.09. The van der Waals surface area contributed by atoms with E-state index in [1.54, 1.807) is 11.8 Å². The molecule has 2 atom stereocenters. The topological polar surface area (TPSA) is 106 Å². The van der Waals surface area contributed by atoms with Gasteiger partial charge in [0.1, 0.15) is 5.56 Å². The lowest BCUT2D eigenvalue weighted by Gasteiger charge is -2.38. The monoisotopic (exact) mass is 389 g/mol. The lowest BCUT2D eigenvalue weighted by molar-refractivity contribution is -0.143. The largest absolute Gasteiger partial charge is 0.504 e. The molecule has 1 fully saturated rings. The van der Waals surface area contributed by atoms with Gasteiger partial charge in [-0.15, -0.1) is 0 Å². The molecule has 0 unspecified atom stereocenters. The third-order valence-electron chi connectivity index (χ3n) is 5.17. The molecular weight excluding hydrogens is 366 g/mol. The minimum absolute atomic E-state index is 0.0277. The molecule has 1 aromatic carbocycles. The fourth-order valence-electron chi connectivity index (χ4n) is 3.72. The summed E-state index contributed by atoms with van der Waals surface area (Å²) in [5.41, 5.74) is -0.176. The van der Waals surface area contributed by atoms with Gasteiger partial charge in [-0.1, -0.05) is 0 Å². The summed E-state index contributed by atoms with van der Waals surface area (Å²) in [5.74, 6) is -0.508. The van der Waals surface area contributed by atoms with Crippen LogP contribution in [0.5, 0.6) is 11.5 Å². The molecule has 1 N–H and O–H groups in total. The van der Waals surface area contributed by atoms with Gasteiger partial charge in [-0.2, -0.15) is 0 Å². The molecule has 2 aromatic rings. The van der Waals surface area contributed by atoms with Gasteiger partial charge in [0.25, 0.3) is 0 Å². The van der Waals surface area contributed by atoms with Gasteiger partial charge in [0.2, 0.25) is 5.91 Å². The molecule has 8 heteroatoms. The van der Waals surface area contributed by atoms with E-state index < -0.39 is 11.4 Å². The summed E-state index contributed by atoms with van der Waals surface area (Å²) in [6.07, 6.45) is 0.281. The molecule has 0 spiro atoms. The van der Waals surface area contributed by atoms with Gasteiger partial charge in [0.05, 0.1) is 44.4 Å². The second-order valence-corrected chi connectivity index (χ2v) is 7.04. The van der Waals surface area contributed by atoms with Crippen LogP contribution in [0.2, 0.25) is 0 Å². The number of hydrogen-bond donors (Lipinski definition) is 1. The van der Waals surface area contributed by atoms with Gasteiger partial charge < -0.3 is 23.9 Å². The number of morpholine rings is 1. The smallest absolute Gasteiger partial charge is 0.340 e. The third kappa shape index (κ3) is 3.24. The van der Waals surface area contributed by atoms with Crippen LogP contribution in [0.3, 0.4) is 0 Å². The second kappa shape index (κ2) is 7.63. The Morgan fingerprint density at radius 2 is 2.00 bits per heavy atom. The van der Waals surface area contributed by atoms with E-state index in [0.29, 0.717) is 30.4 Å². The predicted molar refractivity (Wildman–Crippen MR) is 101 cm³/mol. The van der Waals surface area contributed by atoms with Crippen molar-refractivity contribution in [2.45, 2.75) is 39.3 Å². The Kier molecular flexibility index (Phi) is 5.42. The average Bonchev–Trinajstić information content (AvgIpc) is 2.65. The molecule has 1 aliphatic rings. The van der Waals surface area contributed by atoms with Crippen LogP contribution in [0.1, 0.15) is 35.3 Å². The van der Waals surface area contributed by atoms with Crippen molar-refractivity contribution in [1.82, 2.24) is 4.90 Å². The first-order valence-electron chi connectivity index (χ1n) is 9.00. The van der Waals surface area contributed by atoms with Crippen molar-refractivity contribution in [3.05, 3.63) is 33.2 Å². The Hall–Kier alpha value is -2.87. The quantitative estimate of drug-likeness (QED) is 0.628. The summed E-state index contributed by atoms with van der Waals surface area (Å²) < 4.78 is 15.9. The van der Waals surface area contributed by atoms with Gasteiger partial charge in [-0.3, -0.25) is 9.59 Å². The number of amides is 1. The summed E-state index contributed by atoms with van der Waals surface area (Å²) in [6, 6.07) is 1.30. The van der Waals surface area contributed by atoms with Crippen molar-refractivity contribution in [3.63, 3.8) is 0 Å². The molecule has 3 rings (SSSR count). The lowest BCUT2D eigenvalue weighted by atomic mass is 9.99. The zero-order valence-corrected chi connectivity index (χ0v) is 16.3. The number of carbonyl (C=O) groups is 2. The van der Waals surface area contributed by atoms with Crippen molar-refractivity contribution < 1.29 is 28.6 Å². The van der Waals surface area contributed by atoms with E-state index in [1.165, 1.54) is 13.2 Å². The van der Waals surface area contributed by atoms with Crippen LogP contribution in [0, 0.1) is 6.92 Å². The number of phenols is 1. The predicted octanol–water partition coefficient (Wildman–Crippen LogP) is 1.81. The molecule has 1 aliphatic heterocycles. The van der Waals surface area contributed by atoms with E-state index in [2.05, 4.69) is 0 Å². The highest BCUT2D eigenvalue weighted by molar-refractivity contribution is 6.00. The first kappa shape index (κ1) is 19.9. The fourth-order valence-corrected chi connectivity index (χ4v) is 3.72. The van der Waals surface area contributed by atoms with Crippen LogP contribution in [0.25, 0.3) is 11.0 Å². The average molecular weight is 389 g/mol. The van der Waals surface area contributed by atoms with Gasteiger partial charge in [-0.05, 0) is 32.4 Å². The van der Waals surface area contributed by atoms with Crippen molar-refractivity contribution in [3.8, 4) is 11.5 Å². The third-order valence-corrected chi connectivity index (χ3v) is 5.17. The first-order valence-corrected chi connectivity index (χ1v) is 9.00. The Bertz CT molecular complexity index is 984. The standard InChI is InChI=1S/C20H23NO7/c1-10-8-27-9-11(2)21(10)17(23)6-14-12(3)13-5-16(26-4)18(24)15(7-22)19(13)28-20(14)25/h5,7,10-11,24H,6,8-9H2,1-4H3/t10-,11+. The number of phenolic OH excluding ortho intramolecular Hbond substituents is 1. The molecule has 1 amide bonds. The second-order valence-electron chi connectivity index (χ2n) is 7.04. The molecular formula is C20H23NO7. The van der Waals surface area contributed by atoms with Crippen LogP contribution >= 0.6 is 0 Å². The Labute approximate surface area is 161 Å². The van der Waals surface area contributed by atoms with E-state index in [-0.39, 0.29) is 46.9 Å². The maximum absolute atomic E-state index is 12.9. The molecule has 0 saturated carbocycles. The highest BCUT2D eigenvalue weighted by atomic mass is 16.5. The summed E-state index contributed by atoms with van der Waals surface area (Å²) >= 11 is 0. The Morgan fingerprint density at radius 3 is 2.57 bits per heavy atom. The van der Waals surface area contributed by atoms with Crippen molar-refractivity contribution in [2.75, 3.05) is 20.3 Å². The number of hydrogen-bond acceptors (Lipinski definition) is 7. The molecule has 150 valence electrons. The SMILES string of the molecule is COc1cc2c(C)c(CC(=O)N3[C@H](C)COC[C@@H]3C)c(=O)oc2c(C=O)c1O. The number of fused-ring (bicyclic) bond motifs is 1. The normalized spacial score (nSPS) is 19.6. The zero-order chi connectivity index (χ0) is 20.6. The highest BCUT2D eigenvalue weighted by Crippen LogP contribution is 2.36. The van der Waals surface area contributed by atoms with Crippen molar-refractivity contribution in [2.24, 2.45) is 0 Å². The summed E-state index contributed by atoms with van der Waals surface area (Å²) in [5, 5.41) is 10.6. The molecule has 0 bridgehead atoms. The number of benzene rings is 1. The number of rotatable bonds is 4. The van der Waals surface area contributed by atoms with Gasteiger partial charge in [-0.25, -0.2) is 4.79 Å². The summed E-state index contributed by atoms with van der Waals surface area (Å²) in [7, 11) is 1.36. The van der Waals surface area contributed by atoms with E-state index in [0.717, 1.165) is 0 Å². The van der Waals surface area contributed by atoms with Crippen LogP contribution in [0.4, 0.5) is 0 Å². The zero-order valence-electron chi connectivity index (χ0n) is 16.3. The van der Waals surface area contributed by atoms with Crippen LogP contribution in [-0.4, -0.2) is 54.6 Å². The molecule has 2 heterocycles. The number of nitrogens with zero attached hydrogens (tertiary/aromatic N) is 1. The van der Waals surface area contributed by atoms with Gasteiger partial charge in [0.15, 0.2) is 23.4 Å². The number of methoxy groups -OCH3 is 1. The van der Waals surface area contributed by atoms with E-state index in [4.69, 9.17) is 13.9 Å². The fraction of sp³-hybridized carbons (Fsp3) is 0.450. The summed E-state index contributed by atoms with van der Waals surface area (Å²) in [6.45, 7) is 6.36. The van der Waals surface area contributed by atoms with Crippen LogP contribution < -0.4 is 10.4 Å². The van der Waals surface area contributed by atoms with Crippen LogP contribution in [-0.2, 0) is 16.0 Å². The maximum atomic E-state index is 12.9.